The topological polar surface area (TPSA) is 80.1 Å². The van der Waals surface area contributed by atoms with Crippen LogP contribution in [-0.2, 0) is 17.5 Å². The average Bonchev–Trinajstić information content (AvgIpc) is 3.02. The van der Waals surface area contributed by atoms with Crippen molar-refractivity contribution in [3.05, 3.63) is 29.8 Å². The Hall–Kier alpha value is -2.56. The molecule has 0 fully saturated rings. The fourth-order valence-electron chi connectivity index (χ4n) is 2.59. The van der Waals surface area contributed by atoms with Gasteiger partial charge in [-0.25, -0.2) is 4.79 Å². The first-order chi connectivity index (χ1) is 12.8. The minimum absolute atomic E-state index is 0.00712. The number of halogens is 3. The lowest BCUT2D eigenvalue weighted by Gasteiger charge is -2.27. The number of aromatic nitrogens is 3. The second-order valence-corrected chi connectivity index (χ2v) is 6.88. The molecule has 2 aromatic rings. The van der Waals surface area contributed by atoms with Crippen molar-refractivity contribution in [3.8, 4) is 0 Å². The molecule has 7 nitrogen and oxygen atoms in total. The van der Waals surface area contributed by atoms with Gasteiger partial charge in [-0.3, -0.25) is 14.3 Å². The second-order valence-electron chi connectivity index (χ2n) is 5.94. The lowest BCUT2D eigenvalue weighted by molar-refractivity contribution is -0.137. The van der Waals surface area contributed by atoms with Crippen molar-refractivity contribution in [1.82, 2.24) is 14.8 Å². The highest BCUT2D eigenvalue weighted by molar-refractivity contribution is 7.99. The normalized spacial score (nSPS) is 14.0. The minimum Gasteiger partial charge on any atom is -0.307 e. The molecule has 1 aliphatic heterocycles. The van der Waals surface area contributed by atoms with Crippen molar-refractivity contribution in [2.24, 2.45) is 0 Å². The molecule has 11 heteroatoms. The standard InChI is InChI=1S/C16H16F3N5O2S/c1-10(25)9-27-15-22-21-13-23(6-3-7-24(13)15)14(26)20-12-5-2-4-11(8-12)16(17,18)19/h2,4-5,8H,3,6-7,9H2,1H3,(H,20,26). The van der Waals surface area contributed by atoms with E-state index in [2.05, 4.69) is 15.5 Å². The number of Topliss-reactive ketones (excluding diaryl/α,β-unsaturated/α-hetero) is 1. The lowest BCUT2D eigenvalue weighted by Crippen LogP contribution is -2.40. The Morgan fingerprint density at radius 2 is 2.04 bits per heavy atom. The molecule has 27 heavy (non-hydrogen) atoms. The number of rotatable bonds is 4. The molecule has 0 radical (unpaired) electrons. The summed E-state index contributed by atoms with van der Waals surface area (Å²) in [5.74, 6) is 0.540. The van der Waals surface area contributed by atoms with Crippen LogP contribution in [0.3, 0.4) is 0 Å². The number of hydrogen-bond acceptors (Lipinski definition) is 5. The second kappa shape index (κ2) is 7.59. The molecule has 0 saturated carbocycles. The summed E-state index contributed by atoms with van der Waals surface area (Å²) in [6.07, 6.45) is -3.86. The van der Waals surface area contributed by atoms with E-state index in [1.54, 1.807) is 4.57 Å². The summed E-state index contributed by atoms with van der Waals surface area (Å²) in [6, 6.07) is 3.83. The summed E-state index contributed by atoms with van der Waals surface area (Å²) in [6.45, 7) is 2.42. The van der Waals surface area contributed by atoms with Crippen LogP contribution in [0.1, 0.15) is 18.9 Å². The van der Waals surface area contributed by atoms with Gasteiger partial charge in [-0.05, 0) is 31.5 Å². The van der Waals surface area contributed by atoms with Crippen LogP contribution in [0.4, 0.5) is 29.6 Å². The van der Waals surface area contributed by atoms with E-state index in [0.717, 1.165) is 12.1 Å². The molecule has 2 amide bonds. The van der Waals surface area contributed by atoms with Gasteiger partial charge in [0.2, 0.25) is 5.95 Å². The predicted molar refractivity (Wildman–Crippen MR) is 93.9 cm³/mol. The first kappa shape index (κ1) is 19.2. The van der Waals surface area contributed by atoms with Gasteiger partial charge in [-0.2, -0.15) is 13.2 Å². The van der Waals surface area contributed by atoms with Crippen molar-refractivity contribution in [1.29, 1.82) is 0 Å². The fourth-order valence-corrected chi connectivity index (χ4v) is 3.35. The fraction of sp³-hybridized carbons (Fsp3) is 0.375. The van der Waals surface area contributed by atoms with Crippen LogP contribution in [0.25, 0.3) is 0 Å². The number of ketones is 1. The summed E-state index contributed by atoms with van der Waals surface area (Å²) in [5.41, 5.74) is -0.803. The number of alkyl halides is 3. The van der Waals surface area contributed by atoms with Crippen molar-refractivity contribution >= 4 is 35.2 Å². The number of hydrogen-bond donors (Lipinski definition) is 1. The van der Waals surface area contributed by atoms with Gasteiger partial charge in [-0.1, -0.05) is 17.8 Å². The number of carbonyl (C=O) groups excluding carboxylic acids is 2. The Kier molecular flexibility index (Phi) is 5.40. The van der Waals surface area contributed by atoms with Crippen LogP contribution in [0.5, 0.6) is 0 Å². The maximum atomic E-state index is 12.8. The average molecular weight is 399 g/mol. The summed E-state index contributed by atoms with van der Waals surface area (Å²) in [4.78, 5) is 25.0. The molecule has 2 heterocycles. The maximum Gasteiger partial charge on any atom is 0.416 e. The monoisotopic (exact) mass is 399 g/mol. The zero-order chi connectivity index (χ0) is 19.6. The van der Waals surface area contributed by atoms with Crippen LogP contribution in [0.15, 0.2) is 29.4 Å². The van der Waals surface area contributed by atoms with Gasteiger partial charge in [0, 0.05) is 18.8 Å². The molecular weight excluding hydrogens is 383 g/mol. The van der Waals surface area contributed by atoms with Gasteiger partial charge < -0.3 is 5.32 Å². The number of amides is 2. The number of thioether (sulfide) groups is 1. The maximum absolute atomic E-state index is 12.8. The summed E-state index contributed by atoms with van der Waals surface area (Å²) in [5, 5.41) is 11.0. The van der Waals surface area contributed by atoms with Gasteiger partial charge in [0.15, 0.2) is 5.16 Å². The third-order valence-electron chi connectivity index (χ3n) is 3.79. The number of benzene rings is 1. The van der Waals surface area contributed by atoms with Gasteiger partial charge >= 0.3 is 12.2 Å². The van der Waals surface area contributed by atoms with Crippen LogP contribution in [0.2, 0.25) is 0 Å². The Morgan fingerprint density at radius 1 is 1.26 bits per heavy atom. The largest absolute Gasteiger partial charge is 0.416 e. The number of carbonyl (C=O) groups is 2. The van der Waals surface area contributed by atoms with Crippen LogP contribution >= 0.6 is 11.8 Å². The predicted octanol–water partition coefficient (Wildman–Crippen LogP) is 3.42. The Morgan fingerprint density at radius 3 is 2.74 bits per heavy atom. The van der Waals surface area contributed by atoms with E-state index in [4.69, 9.17) is 0 Å². The molecule has 0 saturated heterocycles. The minimum atomic E-state index is -4.49. The van der Waals surface area contributed by atoms with Gasteiger partial charge in [0.1, 0.15) is 5.78 Å². The molecule has 0 bridgehead atoms. The molecule has 1 aromatic carbocycles. The molecule has 1 aliphatic rings. The molecule has 0 atom stereocenters. The Balaban J connectivity index is 1.77. The van der Waals surface area contributed by atoms with E-state index >= 15 is 0 Å². The van der Waals surface area contributed by atoms with Gasteiger partial charge in [0.05, 0.1) is 11.3 Å². The van der Waals surface area contributed by atoms with E-state index in [0.29, 0.717) is 30.6 Å². The van der Waals surface area contributed by atoms with Crippen LogP contribution in [-0.4, -0.2) is 38.9 Å². The van der Waals surface area contributed by atoms with E-state index in [9.17, 15) is 22.8 Å². The highest BCUT2D eigenvalue weighted by Gasteiger charge is 2.31. The van der Waals surface area contributed by atoms with Crippen molar-refractivity contribution in [2.75, 3.05) is 22.5 Å². The highest BCUT2D eigenvalue weighted by atomic mass is 32.2. The van der Waals surface area contributed by atoms with Crippen LogP contribution in [0, 0.1) is 0 Å². The number of fused-ring (bicyclic) bond motifs is 1. The molecule has 1 aromatic heterocycles. The van der Waals surface area contributed by atoms with E-state index in [1.807, 2.05) is 0 Å². The SMILES string of the molecule is CC(=O)CSc1nnc2n1CCCN2C(=O)Nc1cccc(C(F)(F)F)c1. The zero-order valence-electron chi connectivity index (χ0n) is 14.3. The first-order valence-electron chi connectivity index (χ1n) is 8.07. The molecule has 3 rings (SSSR count). The molecule has 144 valence electrons. The Labute approximate surface area is 156 Å². The van der Waals surface area contributed by atoms with E-state index < -0.39 is 17.8 Å². The zero-order valence-corrected chi connectivity index (χ0v) is 15.1. The molecule has 0 unspecified atom stereocenters. The molecule has 1 N–H and O–H groups in total. The van der Waals surface area contributed by atoms with Gasteiger partial charge in [-0.15, -0.1) is 10.2 Å². The molecule has 0 aliphatic carbocycles. The number of urea groups is 1. The lowest BCUT2D eigenvalue weighted by atomic mass is 10.2. The number of anilines is 2. The summed E-state index contributed by atoms with van der Waals surface area (Å²) in [7, 11) is 0. The third-order valence-corrected chi connectivity index (χ3v) is 4.90. The van der Waals surface area contributed by atoms with Crippen molar-refractivity contribution < 1.29 is 22.8 Å². The van der Waals surface area contributed by atoms with E-state index in [-0.39, 0.29) is 17.2 Å². The Bertz CT molecular complexity index is 868. The third kappa shape index (κ3) is 4.41. The quantitative estimate of drug-likeness (QED) is 0.797. The van der Waals surface area contributed by atoms with Crippen molar-refractivity contribution in [3.63, 3.8) is 0 Å². The highest BCUT2D eigenvalue weighted by Crippen LogP contribution is 2.31. The van der Waals surface area contributed by atoms with Crippen LogP contribution < -0.4 is 10.2 Å². The summed E-state index contributed by atoms with van der Waals surface area (Å²) >= 11 is 1.23. The van der Waals surface area contributed by atoms with Gasteiger partial charge in [0.25, 0.3) is 0 Å². The first-order valence-corrected chi connectivity index (χ1v) is 9.05. The number of nitrogens with one attached hydrogen (secondary N) is 1. The number of nitrogens with zero attached hydrogens (tertiary/aromatic N) is 4. The van der Waals surface area contributed by atoms with E-state index in [1.165, 1.54) is 35.7 Å². The summed E-state index contributed by atoms with van der Waals surface area (Å²) < 4.78 is 40.2. The van der Waals surface area contributed by atoms with Crippen molar-refractivity contribution in [2.45, 2.75) is 31.2 Å². The molecule has 0 spiro atoms. The smallest absolute Gasteiger partial charge is 0.307 e. The molecular formula is C16H16F3N5O2S.